The van der Waals surface area contributed by atoms with Crippen molar-refractivity contribution in [2.75, 3.05) is 13.2 Å². The fourth-order valence-electron chi connectivity index (χ4n) is 3.45. The molecular weight excluding hydrogens is 204 g/mol. The Morgan fingerprint density at radius 2 is 1.94 bits per heavy atom. The van der Waals surface area contributed by atoms with Gasteiger partial charge >= 0.3 is 0 Å². The van der Waals surface area contributed by atoms with Gasteiger partial charge in [-0.05, 0) is 31.1 Å². The molecule has 0 aromatic rings. The molecule has 1 spiro atoms. The topological polar surface area (TPSA) is 43.4 Å². The van der Waals surface area contributed by atoms with E-state index in [0.717, 1.165) is 25.5 Å². The van der Waals surface area contributed by atoms with Gasteiger partial charge in [0.1, 0.15) is 12.1 Å². The molecule has 1 unspecified atom stereocenters. The van der Waals surface area contributed by atoms with Crippen LogP contribution in [-0.4, -0.2) is 25.3 Å². The van der Waals surface area contributed by atoms with Crippen molar-refractivity contribution >= 4 is 12.1 Å². The molecule has 1 aliphatic heterocycles. The van der Waals surface area contributed by atoms with Crippen LogP contribution in [0.15, 0.2) is 0 Å². The van der Waals surface area contributed by atoms with E-state index >= 15 is 0 Å². The van der Waals surface area contributed by atoms with Gasteiger partial charge in [-0.15, -0.1) is 0 Å². The summed E-state index contributed by atoms with van der Waals surface area (Å²) in [5.41, 5.74) is -0.178. The van der Waals surface area contributed by atoms with Gasteiger partial charge in [0, 0.05) is 18.6 Å². The molecule has 0 N–H and O–H groups in total. The van der Waals surface area contributed by atoms with E-state index in [2.05, 4.69) is 13.8 Å². The second-order valence-electron chi connectivity index (χ2n) is 6.04. The van der Waals surface area contributed by atoms with Crippen molar-refractivity contribution in [2.45, 2.75) is 39.5 Å². The van der Waals surface area contributed by atoms with Crippen molar-refractivity contribution in [1.29, 1.82) is 0 Å². The van der Waals surface area contributed by atoms with Crippen molar-refractivity contribution in [2.24, 2.45) is 16.7 Å². The van der Waals surface area contributed by atoms with Gasteiger partial charge < -0.3 is 9.53 Å². The molecule has 90 valence electrons. The van der Waals surface area contributed by atoms with Gasteiger partial charge in [0.25, 0.3) is 0 Å². The third-order valence-electron chi connectivity index (χ3n) is 4.06. The second-order valence-corrected chi connectivity index (χ2v) is 6.04. The molecule has 16 heavy (non-hydrogen) atoms. The standard InChI is InChI=1S/C13H20O3/c1-12(2)7-10(8-14)11(15)13(9-12)3-5-16-6-4-13/h8,10H,3-7,9H2,1-2H3. The van der Waals surface area contributed by atoms with Gasteiger partial charge in [-0.3, -0.25) is 4.79 Å². The quantitative estimate of drug-likeness (QED) is 0.505. The van der Waals surface area contributed by atoms with Crippen molar-refractivity contribution in [3.63, 3.8) is 0 Å². The number of Topliss-reactive ketones (excluding diaryl/α,β-unsaturated/α-hetero) is 1. The summed E-state index contributed by atoms with van der Waals surface area (Å²) in [5, 5.41) is 0. The Balaban J connectivity index is 2.28. The number of carbonyl (C=O) groups is 2. The highest BCUT2D eigenvalue weighted by Gasteiger charge is 2.51. The smallest absolute Gasteiger partial charge is 0.149 e. The van der Waals surface area contributed by atoms with E-state index < -0.39 is 0 Å². The van der Waals surface area contributed by atoms with Crippen molar-refractivity contribution < 1.29 is 14.3 Å². The van der Waals surface area contributed by atoms with E-state index in [9.17, 15) is 9.59 Å². The highest BCUT2D eigenvalue weighted by molar-refractivity contribution is 5.98. The van der Waals surface area contributed by atoms with E-state index in [4.69, 9.17) is 4.74 Å². The predicted molar refractivity (Wildman–Crippen MR) is 60.1 cm³/mol. The molecule has 1 atom stereocenters. The summed E-state index contributed by atoms with van der Waals surface area (Å²) in [6.07, 6.45) is 4.05. The van der Waals surface area contributed by atoms with Gasteiger partial charge in [-0.2, -0.15) is 0 Å². The van der Waals surface area contributed by atoms with Gasteiger partial charge in [0.15, 0.2) is 0 Å². The maximum atomic E-state index is 12.3. The number of rotatable bonds is 1. The summed E-state index contributed by atoms with van der Waals surface area (Å²) in [6, 6.07) is 0. The molecule has 0 bridgehead atoms. The molecule has 3 nitrogen and oxygen atoms in total. The summed E-state index contributed by atoms with van der Waals surface area (Å²) in [6.45, 7) is 5.64. The largest absolute Gasteiger partial charge is 0.381 e. The van der Waals surface area contributed by atoms with Crippen LogP contribution >= 0.6 is 0 Å². The summed E-state index contributed by atoms with van der Waals surface area (Å²) in [5.74, 6) is -0.216. The fourth-order valence-corrected chi connectivity index (χ4v) is 3.45. The van der Waals surface area contributed by atoms with Crippen molar-refractivity contribution in [3.05, 3.63) is 0 Å². The third kappa shape index (κ3) is 1.93. The second kappa shape index (κ2) is 3.95. The number of aldehydes is 1. The first-order valence-electron chi connectivity index (χ1n) is 6.07. The lowest BCUT2D eigenvalue weighted by atomic mass is 9.57. The average molecular weight is 224 g/mol. The highest BCUT2D eigenvalue weighted by atomic mass is 16.5. The zero-order valence-electron chi connectivity index (χ0n) is 10.1. The first kappa shape index (κ1) is 11.8. The maximum Gasteiger partial charge on any atom is 0.149 e. The maximum absolute atomic E-state index is 12.3. The van der Waals surface area contributed by atoms with Crippen LogP contribution in [0.5, 0.6) is 0 Å². The van der Waals surface area contributed by atoms with Crippen LogP contribution in [0.2, 0.25) is 0 Å². The number of hydrogen-bond acceptors (Lipinski definition) is 3. The Labute approximate surface area is 96.5 Å². The normalized spacial score (nSPS) is 32.6. The minimum atomic E-state index is -0.387. The lowest BCUT2D eigenvalue weighted by Gasteiger charge is -2.47. The first-order valence-corrected chi connectivity index (χ1v) is 6.07. The van der Waals surface area contributed by atoms with Crippen LogP contribution in [0.4, 0.5) is 0 Å². The molecule has 2 fully saturated rings. The molecule has 0 aromatic heterocycles. The van der Waals surface area contributed by atoms with Crippen LogP contribution < -0.4 is 0 Å². The Bertz CT molecular complexity index is 300. The molecule has 3 heteroatoms. The summed E-state index contributed by atoms with van der Waals surface area (Å²) >= 11 is 0. The minimum absolute atomic E-state index is 0.0941. The number of ketones is 1. The lowest BCUT2D eigenvalue weighted by Crippen LogP contribution is -2.49. The van der Waals surface area contributed by atoms with E-state index in [1.165, 1.54) is 0 Å². The highest BCUT2D eigenvalue weighted by Crippen LogP contribution is 2.50. The Morgan fingerprint density at radius 3 is 2.50 bits per heavy atom. The van der Waals surface area contributed by atoms with Gasteiger partial charge in [0.2, 0.25) is 0 Å². The van der Waals surface area contributed by atoms with E-state index in [1.54, 1.807) is 0 Å². The van der Waals surface area contributed by atoms with Crippen molar-refractivity contribution in [3.8, 4) is 0 Å². The van der Waals surface area contributed by atoms with Crippen molar-refractivity contribution in [1.82, 2.24) is 0 Å². The summed E-state index contributed by atoms with van der Waals surface area (Å²) in [7, 11) is 0. The molecule has 1 saturated carbocycles. The van der Waals surface area contributed by atoms with E-state index in [0.29, 0.717) is 19.6 Å². The lowest BCUT2D eigenvalue weighted by molar-refractivity contribution is -0.150. The Kier molecular flexibility index (Phi) is 2.91. The molecule has 2 aliphatic rings. The minimum Gasteiger partial charge on any atom is -0.381 e. The zero-order chi connectivity index (χ0) is 11.8. The van der Waals surface area contributed by atoms with Crippen LogP contribution in [0.1, 0.15) is 39.5 Å². The van der Waals surface area contributed by atoms with Gasteiger partial charge in [-0.1, -0.05) is 13.8 Å². The molecular formula is C13H20O3. The number of carbonyl (C=O) groups excluding carboxylic acids is 2. The molecule has 1 saturated heterocycles. The molecule has 0 radical (unpaired) electrons. The van der Waals surface area contributed by atoms with Crippen LogP contribution in [0.3, 0.4) is 0 Å². The number of hydrogen-bond donors (Lipinski definition) is 0. The Morgan fingerprint density at radius 1 is 1.31 bits per heavy atom. The fraction of sp³-hybridized carbons (Fsp3) is 0.846. The third-order valence-corrected chi connectivity index (χ3v) is 4.06. The number of ether oxygens (including phenoxy) is 1. The van der Waals surface area contributed by atoms with Crippen LogP contribution in [0, 0.1) is 16.7 Å². The predicted octanol–water partition coefficient (Wildman–Crippen LogP) is 1.99. The summed E-state index contributed by atoms with van der Waals surface area (Å²) < 4.78 is 5.34. The Hall–Kier alpha value is -0.700. The molecule has 1 heterocycles. The van der Waals surface area contributed by atoms with Gasteiger partial charge in [-0.25, -0.2) is 0 Å². The molecule has 2 rings (SSSR count). The molecule has 0 amide bonds. The monoisotopic (exact) mass is 224 g/mol. The van der Waals surface area contributed by atoms with E-state index in [-0.39, 0.29) is 22.5 Å². The summed E-state index contributed by atoms with van der Waals surface area (Å²) in [4.78, 5) is 23.4. The zero-order valence-corrected chi connectivity index (χ0v) is 10.1. The van der Waals surface area contributed by atoms with Crippen LogP contribution in [0.25, 0.3) is 0 Å². The van der Waals surface area contributed by atoms with E-state index in [1.807, 2.05) is 0 Å². The van der Waals surface area contributed by atoms with Crippen LogP contribution in [-0.2, 0) is 14.3 Å². The average Bonchev–Trinajstić information content (AvgIpc) is 2.24. The van der Waals surface area contributed by atoms with Gasteiger partial charge in [0.05, 0.1) is 5.92 Å². The first-order chi connectivity index (χ1) is 7.49. The SMILES string of the molecule is CC1(C)CC(C=O)C(=O)C2(CCOCC2)C1. The molecule has 0 aromatic carbocycles. The molecule has 1 aliphatic carbocycles.